The molecule has 1 heterocycles. The van der Waals surface area contributed by atoms with Gasteiger partial charge in [-0.05, 0) is 11.8 Å². The van der Waals surface area contributed by atoms with E-state index in [4.69, 9.17) is 5.11 Å². The van der Waals surface area contributed by atoms with Crippen LogP contribution in [-0.4, -0.2) is 26.5 Å². The fourth-order valence-electron chi connectivity index (χ4n) is 1.31. The minimum Gasteiger partial charge on any atom is -0.396 e. The lowest BCUT2D eigenvalue weighted by molar-refractivity contribution is 0.156. The number of aryl methyl sites for hydroxylation is 1. The molecule has 0 saturated heterocycles. The van der Waals surface area contributed by atoms with Gasteiger partial charge in [0.25, 0.3) is 0 Å². The minimum absolute atomic E-state index is 0.113. The van der Waals surface area contributed by atoms with Crippen molar-refractivity contribution in [2.75, 3.05) is 6.61 Å². The highest BCUT2D eigenvalue weighted by molar-refractivity contribution is 4.90. The number of aliphatic hydroxyl groups is 1. The van der Waals surface area contributed by atoms with Crippen LogP contribution in [0.15, 0.2) is 6.33 Å². The minimum atomic E-state index is -0.113. The molecule has 1 N–H and O–H groups in total. The molecular weight excluding hydrogens is 178 g/mol. The Morgan fingerprint density at radius 2 is 2.21 bits per heavy atom. The van der Waals surface area contributed by atoms with Gasteiger partial charge < -0.3 is 5.11 Å². The molecule has 0 amide bonds. The lowest BCUT2D eigenvalue weighted by atomic mass is 9.90. The molecule has 0 unspecified atom stereocenters. The standard InChI is InChI=1S/C10H19N3O/c1-4-5-13-9(11-8-12-13)6-10(2,3)7-14/h8,14H,4-7H2,1-3H3. The first-order valence-corrected chi connectivity index (χ1v) is 5.06. The maximum absolute atomic E-state index is 9.16. The molecular formula is C10H19N3O. The van der Waals surface area contributed by atoms with Crippen LogP contribution in [0.2, 0.25) is 0 Å². The molecule has 0 fully saturated rings. The lowest BCUT2D eigenvalue weighted by Gasteiger charge is -2.20. The highest BCUT2D eigenvalue weighted by atomic mass is 16.3. The van der Waals surface area contributed by atoms with Gasteiger partial charge in [0.15, 0.2) is 0 Å². The first kappa shape index (κ1) is 11.2. The maximum atomic E-state index is 9.16. The van der Waals surface area contributed by atoms with Crippen molar-refractivity contribution in [3.05, 3.63) is 12.2 Å². The molecule has 1 rings (SSSR count). The Hall–Kier alpha value is -0.900. The highest BCUT2D eigenvalue weighted by Crippen LogP contribution is 2.19. The molecule has 0 aliphatic rings. The second-order valence-corrected chi connectivity index (χ2v) is 4.40. The Morgan fingerprint density at radius 1 is 1.50 bits per heavy atom. The summed E-state index contributed by atoms with van der Waals surface area (Å²) in [5.74, 6) is 0.964. The Kier molecular flexibility index (Phi) is 3.63. The summed E-state index contributed by atoms with van der Waals surface area (Å²) in [7, 11) is 0. The van der Waals surface area contributed by atoms with Crippen molar-refractivity contribution in [1.29, 1.82) is 0 Å². The number of aromatic nitrogens is 3. The van der Waals surface area contributed by atoms with E-state index in [2.05, 4.69) is 17.0 Å². The molecule has 4 heteroatoms. The third-order valence-electron chi connectivity index (χ3n) is 2.20. The van der Waals surface area contributed by atoms with Crippen molar-refractivity contribution in [2.24, 2.45) is 5.41 Å². The summed E-state index contributed by atoms with van der Waals surface area (Å²) in [5.41, 5.74) is -0.113. The maximum Gasteiger partial charge on any atom is 0.138 e. The molecule has 1 aromatic rings. The van der Waals surface area contributed by atoms with Gasteiger partial charge in [-0.15, -0.1) is 0 Å². The van der Waals surface area contributed by atoms with Crippen LogP contribution in [-0.2, 0) is 13.0 Å². The molecule has 0 saturated carbocycles. The van der Waals surface area contributed by atoms with Gasteiger partial charge >= 0.3 is 0 Å². The largest absolute Gasteiger partial charge is 0.396 e. The van der Waals surface area contributed by atoms with Crippen molar-refractivity contribution in [3.63, 3.8) is 0 Å². The van der Waals surface area contributed by atoms with E-state index in [0.717, 1.165) is 25.2 Å². The molecule has 0 bridgehead atoms. The number of nitrogens with zero attached hydrogens (tertiary/aromatic N) is 3. The fraction of sp³-hybridized carbons (Fsp3) is 0.800. The van der Waals surface area contributed by atoms with Gasteiger partial charge in [-0.25, -0.2) is 4.98 Å². The summed E-state index contributed by atoms with van der Waals surface area (Å²) < 4.78 is 1.91. The smallest absolute Gasteiger partial charge is 0.138 e. The van der Waals surface area contributed by atoms with E-state index in [-0.39, 0.29) is 12.0 Å². The van der Waals surface area contributed by atoms with Gasteiger partial charge in [0.1, 0.15) is 12.2 Å². The second kappa shape index (κ2) is 4.55. The Morgan fingerprint density at radius 3 is 2.79 bits per heavy atom. The van der Waals surface area contributed by atoms with Crippen molar-refractivity contribution >= 4 is 0 Å². The van der Waals surface area contributed by atoms with Gasteiger partial charge in [0.05, 0.1) is 0 Å². The molecule has 14 heavy (non-hydrogen) atoms. The lowest BCUT2D eigenvalue weighted by Crippen LogP contribution is -2.22. The number of aliphatic hydroxyl groups excluding tert-OH is 1. The van der Waals surface area contributed by atoms with E-state index < -0.39 is 0 Å². The molecule has 0 aliphatic carbocycles. The van der Waals surface area contributed by atoms with Crippen molar-refractivity contribution in [3.8, 4) is 0 Å². The van der Waals surface area contributed by atoms with Crippen LogP contribution in [0.25, 0.3) is 0 Å². The fourth-order valence-corrected chi connectivity index (χ4v) is 1.31. The normalized spacial score (nSPS) is 12.0. The summed E-state index contributed by atoms with van der Waals surface area (Å²) in [6, 6.07) is 0. The van der Waals surface area contributed by atoms with Crippen molar-refractivity contribution in [1.82, 2.24) is 14.8 Å². The van der Waals surface area contributed by atoms with Crippen LogP contribution in [0.3, 0.4) is 0 Å². The van der Waals surface area contributed by atoms with Crippen LogP contribution in [0.1, 0.15) is 33.0 Å². The van der Waals surface area contributed by atoms with E-state index in [9.17, 15) is 0 Å². The van der Waals surface area contributed by atoms with Crippen molar-refractivity contribution < 1.29 is 5.11 Å². The molecule has 0 atom stereocenters. The molecule has 1 aromatic heterocycles. The molecule has 80 valence electrons. The molecule has 0 aromatic carbocycles. The average molecular weight is 197 g/mol. The third-order valence-corrected chi connectivity index (χ3v) is 2.20. The van der Waals surface area contributed by atoms with Crippen molar-refractivity contribution in [2.45, 2.75) is 40.2 Å². The number of hydrogen-bond acceptors (Lipinski definition) is 3. The number of rotatable bonds is 5. The van der Waals surface area contributed by atoms with E-state index in [1.54, 1.807) is 6.33 Å². The van der Waals surface area contributed by atoms with Crippen LogP contribution in [0, 0.1) is 5.41 Å². The zero-order chi connectivity index (χ0) is 10.6. The average Bonchev–Trinajstić information content (AvgIpc) is 2.53. The summed E-state index contributed by atoms with van der Waals surface area (Å²) in [5, 5.41) is 13.3. The molecule has 0 radical (unpaired) electrons. The van der Waals surface area contributed by atoms with Crippen LogP contribution < -0.4 is 0 Å². The van der Waals surface area contributed by atoms with E-state index in [1.165, 1.54) is 0 Å². The summed E-state index contributed by atoms with van der Waals surface area (Å²) in [6.45, 7) is 7.24. The SMILES string of the molecule is CCCn1ncnc1CC(C)(C)CO. The molecule has 0 spiro atoms. The summed E-state index contributed by atoms with van der Waals surface area (Å²) in [6.07, 6.45) is 3.40. The van der Waals surface area contributed by atoms with Crippen LogP contribution in [0.4, 0.5) is 0 Å². The summed E-state index contributed by atoms with van der Waals surface area (Å²) in [4.78, 5) is 4.21. The van der Waals surface area contributed by atoms with Crippen LogP contribution in [0.5, 0.6) is 0 Å². The Balaban J connectivity index is 2.70. The number of hydrogen-bond donors (Lipinski definition) is 1. The third kappa shape index (κ3) is 2.80. The van der Waals surface area contributed by atoms with E-state index >= 15 is 0 Å². The highest BCUT2D eigenvalue weighted by Gasteiger charge is 2.20. The Labute approximate surface area is 85.0 Å². The molecule has 4 nitrogen and oxygen atoms in total. The predicted octanol–water partition coefficient (Wildman–Crippen LogP) is 1.25. The first-order valence-electron chi connectivity index (χ1n) is 5.06. The van der Waals surface area contributed by atoms with Gasteiger partial charge in [-0.2, -0.15) is 5.10 Å². The van der Waals surface area contributed by atoms with Gasteiger partial charge in [0, 0.05) is 19.6 Å². The van der Waals surface area contributed by atoms with E-state index in [0.29, 0.717) is 0 Å². The second-order valence-electron chi connectivity index (χ2n) is 4.40. The van der Waals surface area contributed by atoms with Crippen LogP contribution >= 0.6 is 0 Å². The van der Waals surface area contributed by atoms with Gasteiger partial charge in [0.2, 0.25) is 0 Å². The quantitative estimate of drug-likeness (QED) is 0.773. The monoisotopic (exact) mass is 197 g/mol. The Bertz CT molecular complexity index is 281. The zero-order valence-electron chi connectivity index (χ0n) is 9.19. The zero-order valence-corrected chi connectivity index (χ0v) is 9.19. The van der Waals surface area contributed by atoms with Gasteiger partial charge in [-0.1, -0.05) is 20.8 Å². The van der Waals surface area contributed by atoms with Gasteiger partial charge in [-0.3, -0.25) is 4.68 Å². The van der Waals surface area contributed by atoms with E-state index in [1.807, 2.05) is 18.5 Å². The summed E-state index contributed by atoms with van der Waals surface area (Å²) >= 11 is 0. The first-order chi connectivity index (χ1) is 6.59. The predicted molar refractivity (Wildman–Crippen MR) is 54.9 cm³/mol. The topological polar surface area (TPSA) is 50.9 Å². The molecule has 0 aliphatic heterocycles.